The van der Waals surface area contributed by atoms with Crippen LogP contribution in [0.4, 0.5) is 0 Å². The van der Waals surface area contributed by atoms with Crippen LogP contribution in [0.15, 0.2) is 78.9 Å². The molecule has 0 bridgehead atoms. The first kappa shape index (κ1) is 20.2. The SMILES string of the molecule is C=C/C(=C\N(C)C)c1cccc(/C(C)=N/C=C(\C(=C)C)c2cnn(C)c2)c1. The van der Waals surface area contributed by atoms with Gasteiger partial charge in [-0.05, 0) is 42.2 Å². The summed E-state index contributed by atoms with van der Waals surface area (Å²) >= 11 is 0. The smallest absolute Gasteiger partial charge is 0.0568 e. The van der Waals surface area contributed by atoms with Gasteiger partial charge in [0, 0.05) is 56.6 Å². The summed E-state index contributed by atoms with van der Waals surface area (Å²) in [6, 6.07) is 8.32. The lowest BCUT2D eigenvalue weighted by Crippen LogP contribution is -2.02. The zero-order valence-corrected chi connectivity index (χ0v) is 16.9. The van der Waals surface area contributed by atoms with Gasteiger partial charge < -0.3 is 4.90 Å². The lowest BCUT2D eigenvalue weighted by atomic mass is 10.0. The Morgan fingerprint density at radius 3 is 2.44 bits per heavy atom. The molecular formula is C23H28N4. The molecule has 0 aliphatic rings. The molecule has 0 radical (unpaired) electrons. The van der Waals surface area contributed by atoms with E-state index in [1.807, 2.05) is 70.6 Å². The fourth-order valence-corrected chi connectivity index (χ4v) is 2.67. The van der Waals surface area contributed by atoms with Crippen molar-refractivity contribution in [3.8, 4) is 0 Å². The quantitative estimate of drug-likeness (QED) is 0.518. The Kier molecular flexibility index (Phi) is 6.72. The first-order valence-electron chi connectivity index (χ1n) is 8.82. The minimum atomic E-state index is 0.938. The molecule has 0 atom stereocenters. The summed E-state index contributed by atoms with van der Waals surface area (Å²) < 4.78 is 1.78. The van der Waals surface area contributed by atoms with E-state index in [0.717, 1.165) is 39.1 Å². The summed E-state index contributed by atoms with van der Waals surface area (Å²) in [5.74, 6) is 0. The second-order valence-corrected chi connectivity index (χ2v) is 6.77. The standard InChI is InChI=1S/C23H28N4/c1-8-19(15-26(5)6)21-11-9-10-20(12-21)18(4)24-14-23(17(2)3)22-13-25-27(7)16-22/h8-16H,1-2H2,3-7H3/b19-15+,23-14+,24-18+. The van der Waals surface area contributed by atoms with Gasteiger partial charge in [-0.15, -0.1) is 0 Å². The van der Waals surface area contributed by atoms with Crippen LogP contribution in [0.1, 0.15) is 30.5 Å². The second-order valence-electron chi connectivity index (χ2n) is 6.77. The third-order valence-electron chi connectivity index (χ3n) is 4.09. The van der Waals surface area contributed by atoms with Gasteiger partial charge in [0.2, 0.25) is 0 Å². The summed E-state index contributed by atoms with van der Waals surface area (Å²) in [5, 5.41) is 4.24. The molecule has 1 aromatic carbocycles. The van der Waals surface area contributed by atoms with Crippen LogP contribution in [0.3, 0.4) is 0 Å². The van der Waals surface area contributed by atoms with Gasteiger partial charge in [0.1, 0.15) is 0 Å². The van der Waals surface area contributed by atoms with E-state index in [9.17, 15) is 0 Å². The third kappa shape index (κ3) is 5.42. The van der Waals surface area contributed by atoms with E-state index in [1.165, 1.54) is 0 Å². The number of nitrogens with zero attached hydrogens (tertiary/aromatic N) is 4. The molecule has 140 valence electrons. The molecule has 0 fully saturated rings. The van der Waals surface area contributed by atoms with Crippen LogP contribution in [0.2, 0.25) is 0 Å². The normalized spacial score (nSPS) is 12.9. The Labute approximate surface area is 162 Å². The van der Waals surface area contributed by atoms with E-state index in [2.05, 4.69) is 47.6 Å². The van der Waals surface area contributed by atoms with Gasteiger partial charge in [0.15, 0.2) is 0 Å². The van der Waals surface area contributed by atoms with Crippen molar-refractivity contribution in [3.63, 3.8) is 0 Å². The fraction of sp³-hybridized carbons (Fsp3) is 0.217. The topological polar surface area (TPSA) is 33.4 Å². The van der Waals surface area contributed by atoms with Crippen LogP contribution >= 0.6 is 0 Å². The Morgan fingerprint density at radius 2 is 1.89 bits per heavy atom. The third-order valence-corrected chi connectivity index (χ3v) is 4.09. The number of aromatic nitrogens is 2. The molecule has 0 N–H and O–H groups in total. The van der Waals surface area contributed by atoms with Gasteiger partial charge in [-0.3, -0.25) is 9.67 Å². The number of allylic oxidation sites excluding steroid dienone is 4. The predicted molar refractivity (Wildman–Crippen MR) is 117 cm³/mol. The monoisotopic (exact) mass is 360 g/mol. The van der Waals surface area contributed by atoms with Gasteiger partial charge in [-0.2, -0.15) is 5.10 Å². The maximum absolute atomic E-state index is 4.69. The number of hydrogen-bond donors (Lipinski definition) is 0. The van der Waals surface area contributed by atoms with Crippen molar-refractivity contribution in [1.29, 1.82) is 0 Å². The van der Waals surface area contributed by atoms with Gasteiger partial charge in [-0.1, -0.05) is 37.4 Å². The van der Waals surface area contributed by atoms with E-state index in [4.69, 9.17) is 0 Å². The van der Waals surface area contributed by atoms with Gasteiger partial charge >= 0.3 is 0 Å². The predicted octanol–water partition coefficient (Wildman–Crippen LogP) is 4.93. The van der Waals surface area contributed by atoms with Crippen molar-refractivity contribution in [2.45, 2.75) is 13.8 Å². The first-order valence-corrected chi connectivity index (χ1v) is 8.82. The molecule has 0 amide bonds. The highest BCUT2D eigenvalue weighted by Gasteiger charge is 2.06. The van der Waals surface area contributed by atoms with Crippen molar-refractivity contribution in [1.82, 2.24) is 14.7 Å². The maximum atomic E-state index is 4.69. The minimum Gasteiger partial charge on any atom is -0.383 e. The molecule has 0 saturated heterocycles. The minimum absolute atomic E-state index is 0.938. The zero-order valence-electron chi connectivity index (χ0n) is 16.9. The van der Waals surface area contributed by atoms with Crippen molar-refractivity contribution < 1.29 is 0 Å². The van der Waals surface area contributed by atoms with Gasteiger partial charge in [0.25, 0.3) is 0 Å². The van der Waals surface area contributed by atoms with Crippen LogP contribution in [-0.2, 0) is 7.05 Å². The molecule has 1 aromatic heterocycles. The number of aryl methyl sites for hydroxylation is 1. The molecule has 0 unspecified atom stereocenters. The van der Waals surface area contributed by atoms with Crippen molar-refractivity contribution in [2.75, 3.05) is 14.1 Å². The van der Waals surface area contributed by atoms with Crippen LogP contribution in [0.25, 0.3) is 11.1 Å². The van der Waals surface area contributed by atoms with E-state index >= 15 is 0 Å². The van der Waals surface area contributed by atoms with Crippen molar-refractivity contribution in [2.24, 2.45) is 12.0 Å². The highest BCUT2D eigenvalue weighted by Crippen LogP contribution is 2.22. The van der Waals surface area contributed by atoms with E-state index < -0.39 is 0 Å². The number of hydrogen-bond acceptors (Lipinski definition) is 3. The van der Waals surface area contributed by atoms with Gasteiger partial charge in [-0.25, -0.2) is 0 Å². The molecule has 1 heterocycles. The Hall–Kier alpha value is -3.14. The summed E-state index contributed by atoms with van der Waals surface area (Å²) in [6.45, 7) is 12.0. The first-order chi connectivity index (χ1) is 12.8. The Bertz CT molecular complexity index is 923. The average molecular weight is 361 g/mol. The second kappa shape index (κ2) is 8.99. The summed E-state index contributed by atoms with van der Waals surface area (Å²) in [7, 11) is 5.91. The molecular weight excluding hydrogens is 332 g/mol. The van der Waals surface area contributed by atoms with Gasteiger partial charge in [0.05, 0.1) is 6.20 Å². The molecule has 0 aliphatic heterocycles. The molecule has 4 heteroatoms. The van der Waals surface area contributed by atoms with E-state index in [0.29, 0.717) is 0 Å². The number of rotatable bonds is 7. The molecule has 0 saturated carbocycles. The summed E-state index contributed by atoms with van der Waals surface area (Å²) in [4.78, 5) is 6.70. The molecule has 4 nitrogen and oxygen atoms in total. The maximum Gasteiger partial charge on any atom is 0.0568 e. The van der Waals surface area contributed by atoms with Crippen molar-refractivity contribution in [3.05, 3.63) is 90.6 Å². The highest BCUT2D eigenvalue weighted by molar-refractivity contribution is 6.00. The molecule has 2 rings (SSSR count). The van der Waals surface area contributed by atoms with Crippen LogP contribution in [0.5, 0.6) is 0 Å². The van der Waals surface area contributed by atoms with Crippen LogP contribution < -0.4 is 0 Å². The van der Waals surface area contributed by atoms with Crippen molar-refractivity contribution >= 4 is 16.9 Å². The summed E-state index contributed by atoms with van der Waals surface area (Å²) in [5.41, 5.74) is 7.15. The Morgan fingerprint density at radius 1 is 1.19 bits per heavy atom. The van der Waals surface area contributed by atoms with E-state index in [1.54, 1.807) is 4.68 Å². The fourth-order valence-electron chi connectivity index (χ4n) is 2.67. The van der Waals surface area contributed by atoms with Crippen LogP contribution in [0, 0.1) is 0 Å². The number of aliphatic imine (C=N–C) groups is 1. The van der Waals surface area contributed by atoms with Crippen LogP contribution in [-0.4, -0.2) is 34.5 Å². The lowest BCUT2D eigenvalue weighted by Gasteiger charge is -2.10. The van der Waals surface area contributed by atoms with E-state index in [-0.39, 0.29) is 0 Å². The largest absolute Gasteiger partial charge is 0.383 e. The molecule has 0 spiro atoms. The lowest BCUT2D eigenvalue weighted by molar-refractivity contribution is 0.566. The molecule has 2 aromatic rings. The Balaban J connectivity index is 2.38. The molecule has 27 heavy (non-hydrogen) atoms. The highest BCUT2D eigenvalue weighted by atomic mass is 15.2. The summed E-state index contributed by atoms with van der Waals surface area (Å²) in [6.07, 6.45) is 9.58. The average Bonchev–Trinajstić information content (AvgIpc) is 3.05. The molecule has 0 aliphatic carbocycles. The number of benzene rings is 1. The zero-order chi connectivity index (χ0) is 20.0.